The molecule has 0 amide bonds. The van der Waals surface area contributed by atoms with Crippen LogP contribution in [-0.2, 0) is 0 Å². The van der Waals surface area contributed by atoms with E-state index in [1.54, 1.807) is 5.57 Å². The van der Waals surface area contributed by atoms with Gasteiger partial charge in [-0.15, -0.1) is 0 Å². The fraction of sp³-hybridized carbons (Fsp3) is 0.769. The predicted molar refractivity (Wildman–Crippen MR) is 120 cm³/mol. The number of hydrogen-bond acceptors (Lipinski definition) is 2. The fourth-order valence-electron chi connectivity index (χ4n) is 6.54. The van der Waals surface area contributed by atoms with Crippen molar-refractivity contribution >= 4 is 0 Å². The van der Waals surface area contributed by atoms with Crippen molar-refractivity contribution in [2.75, 3.05) is 20.6 Å². The van der Waals surface area contributed by atoms with Gasteiger partial charge in [-0.1, -0.05) is 43.7 Å². The molecule has 3 saturated carbocycles. The molecule has 1 N–H and O–H groups in total. The van der Waals surface area contributed by atoms with Gasteiger partial charge in [0.05, 0.1) is 6.10 Å². The minimum atomic E-state index is -0.175. The van der Waals surface area contributed by atoms with E-state index in [2.05, 4.69) is 51.6 Å². The van der Waals surface area contributed by atoms with Gasteiger partial charge in [-0.2, -0.15) is 0 Å². The number of hydrogen-bond donors (Lipinski definition) is 1. The third-order valence-electron chi connectivity index (χ3n) is 8.18. The average molecular weight is 386 g/mol. The molecule has 0 radical (unpaired) electrons. The summed E-state index contributed by atoms with van der Waals surface area (Å²) in [6.45, 7) is 10.6. The van der Waals surface area contributed by atoms with E-state index in [1.165, 1.54) is 62.6 Å². The number of rotatable bonds is 6. The van der Waals surface area contributed by atoms with Crippen LogP contribution in [0, 0.1) is 23.2 Å². The second-order valence-electron chi connectivity index (χ2n) is 10.5. The molecule has 0 bridgehead atoms. The van der Waals surface area contributed by atoms with E-state index < -0.39 is 0 Å². The first kappa shape index (κ1) is 21.8. The largest absolute Gasteiger partial charge is 0.393 e. The second kappa shape index (κ2) is 9.30. The second-order valence-corrected chi connectivity index (χ2v) is 10.5. The van der Waals surface area contributed by atoms with E-state index in [0.717, 1.165) is 37.0 Å². The van der Waals surface area contributed by atoms with Gasteiger partial charge < -0.3 is 10.0 Å². The lowest BCUT2D eigenvalue weighted by Gasteiger charge is -2.44. The minimum Gasteiger partial charge on any atom is -0.393 e. The predicted octanol–water partition coefficient (Wildman–Crippen LogP) is 6.13. The van der Waals surface area contributed by atoms with Gasteiger partial charge in [-0.05, 0) is 114 Å². The molecule has 2 heteroatoms. The zero-order chi connectivity index (χ0) is 20.3. The standard InChI is InChI=1S/C26H43NO/c1-19-10-13-23(28)18-22(19)12-11-21-9-6-16-26(3)24(14-15-25(21)26)20(2)8-7-17-27(4)5/h11-12,20,23-25,28H,1,6-10,13-18H2,2-5H3/b21-11+,22-12-/t20-,23-,24-,25+,26-/m1/s1. The SMILES string of the molecule is C=C1CC[C@@H](O)C/C1=C/C=C1\CCC[C@]2(C)[C@@H]([C@H](C)CCCN(C)C)CC[C@@H]12. The Hall–Kier alpha value is -0.860. The van der Waals surface area contributed by atoms with Crippen molar-refractivity contribution in [1.29, 1.82) is 0 Å². The summed E-state index contributed by atoms with van der Waals surface area (Å²) in [6, 6.07) is 0. The summed E-state index contributed by atoms with van der Waals surface area (Å²) in [5.41, 5.74) is 4.69. The topological polar surface area (TPSA) is 23.5 Å². The molecule has 0 aromatic heterocycles. The lowest BCUT2D eigenvalue weighted by Crippen LogP contribution is -2.36. The summed E-state index contributed by atoms with van der Waals surface area (Å²) < 4.78 is 0. The van der Waals surface area contributed by atoms with Gasteiger partial charge in [0, 0.05) is 0 Å². The summed E-state index contributed by atoms with van der Waals surface area (Å²) in [6.07, 6.45) is 16.6. The van der Waals surface area contributed by atoms with Crippen molar-refractivity contribution in [2.45, 2.75) is 84.2 Å². The maximum absolute atomic E-state index is 10.0. The Morgan fingerprint density at radius 3 is 2.75 bits per heavy atom. The summed E-state index contributed by atoms with van der Waals surface area (Å²) >= 11 is 0. The molecule has 3 aliphatic rings. The van der Waals surface area contributed by atoms with Crippen LogP contribution in [0.4, 0.5) is 0 Å². The summed E-state index contributed by atoms with van der Waals surface area (Å²) in [4.78, 5) is 2.32. The van der Waals surface area contributed by atoms with Crippen molar-refractivity contribution in [1.82, 2.24) is 4.90 Å². The lowest BCUT2D eigenvalue weighted by molar-refractivity contribution is 0.0926. The highest BCUT2D eigenvalue weighted by atomic mass is 16.3. The Bertz CT molecular complexity index is 616. The van der Waals surface area contributed by atoms with Crippen molar-refractivity contribution in [3.63, 3.8) is 0 Å². The van der Waals surface area contributed by atoms with Crippen LogP contribution >= 0.6 is 0 Å². The molecule has 28 heavy (non-hydrogen) atoms. The van der Waals surface area contributed by atoms with Crippen molar-refractivity contribution < 1.29 is 5.11 Å². The third kappa shape index (κ3) is 4.82. The van der Waals surface area contributed by atoms with Gasteiger partial charge in [-0.3, -0.25) is 0 Å². The molecule has 0 heterocycles. The smallest absolute Gasteiger partial charge is 0.0583 e. The van der Waals surface area contributed by atoms with Crippen LogP contribution in [-0.4, -0.2) is 36.8 Å². The Balaban J connectivity index is 1.70. The van der Waals surface area contributed by atoms with Crippen LogP contribution in [0.3, 0.4) is 0 Å². The van der Waals surface area contributed by atoms with Crippen LogP contribution in [0.25, 0.3) is 0 Å². The van der Waals surface area contributed by atoms with E-state index in [-0.39, 0.29) is 6.10 Å². The number of fused-ring (bicyclic) bond motifs is 1. The zero-order valence-corrected chi connectivity index (χ0v) is 18.8. The van der Waals surface area contributed by atoms with Crippen LogP contribution in [0.15, 0.2) is 35.5 Å². The molecule has 0 spiro atoms. The monoisotopic (exact) mass is 385 g/mol. The molecule has 3 fully saturated rings. The summed E-state index contributed by atoms with van der Waals surface area (Å²) in [5.74, 6) is 2.48. The normalized spacial score (nSPS) is 37.6. The van der Waals surface area contributed by atoms with E-state index in [9.17, 15) is 5.11 Å². The number of allylic oxidation sites excluding steroid dienone is 4. The molecule has 0 aromatic rings. The molecule has 3 rings (SSSR count). The molecular formula is C26H43NO. The minimum absolute atomic E-state index is 0.175. The van der Waals surface area contributed by atoms with Gasteiger partial charge in [0.1, 0.15) is 0 Å². The highest BCUT2D eigenvalue weighted by Gasteiger charge is 2.50. The fourth-order valence-corrected chi connectivity index (χ4v) is 6.54. The Morgan fingerprint density at radius 2 is 2.00 bits per heavy atom. The Kier molecular flexibility index (Phi) is 7.26. The third-order valence-corrected chi connectivity index (χ3v) is 8.18. The lowest BCUT2D eigenvalue weighted by atomic mass is 9.60. The molecule has 158 valence electrons. The van der Waals surface area contributed by atoms with Gasteiger partial charge >= 0.3 is 0 Å². The van der Waals surface area contributed by atoms with Crippen molar-refractivity contribution in [3.8, 4) is 0 Å². The zero-order valence-electron chi connectivity index (χ0n) is 18.8. The highest BCUT2D eigenvalue weighted by molar-refractivity contribution is 5.36. The van der Waals surface area contributed by atoms with E-state index in [4.69, 9.17) is 0 Å². The van der Waals surface area contributed by atoms with Crippen molar-refractivity contribution in [3.05, 3.63) is 35.5 Å². The molecule has 3 aliphatic carbocycles. The van der Waals surface area contributed by atoms with Crippen molar-refractivity contribution in [2.24, 2.45) is 23.2 Å². The Morgan fingerprint density at radius 1 is 1.21 bits per heavy atom. The van der Waals surface area contributed by atoms with Gasteiger partial charge in [-0.25, -0.2) is 0 Å². The maximum atomic E-state index is 10.0. The maximum Gasteiger partial charge on any atom is 0.0583 e. The molecule has 0 unspecified atom stereocenters. The van der Waals surface area contributed by atoms with Gasteiger partial charge in [0.2, 0.25) is 0 Å². The first-order chi connectivity index (χ1) is 13.3. The number of nitrogens with zero attached hydrogens (tertiary/aromatic N) is 1. The van der Waals surface area contributed by atoms with E-state index >= 15 is 0 Å². The van der Waals surface area contributed by atoms with Gasteiger partial charge in [0.15, 0.2) is 0 Å². The summed E-state index contributed by atoms with van der Waals surface area (Å²) in [7, 11) is 4.37. The molecular weight excluding hydrogens is 342 g/mol. The number of aliphatic hydroxyl groups excluding tert-OH is 1. The molecule has 5 atom stereocenters. The summed E-state index contributed by atoms with van der Waals surface area (Å²) in [5, 5.41) is 10.0. The van der Waals surface area contributed by atoms with Crippen LogP contribution in [0.1, 0.15) is 78.1 Å². The molecule has 2 nitrogen and oxygen atoms in total. The van der Waals surface area contributed by atoms with Crippen LogP contribution < -0.4 is 0 Å². The van der Waals surface area contributed by atoms with Crippen LogP contribution in [0.2, 0.25) is 0 Å². The molecule has 0 aromatic carbocycles. The van der Waals surface area contributed by atoms with E-state index in [1.807, 2.05) is 0 Å². The highest BCUT2D eigenvalue weighted by Crippen LogP contribution is 2.59. The van der Waals surface area contributed by atoms with E-state index in [0.29, 0.717) is 5.41 Å². The first-order valence-electron chi connectivity index (χ1n) is 11.7. The Labute approximate surface area is 173 Å². The molecule has 0 aliphatic heterocycles. The quantitative estimate of drug-likeness (QED) is 0.594. The van der Waals surface area contributed by atoms with Crippen LogP contribution in [0.5, 0.6) is 0 Å². The van der Waals surface area contributed by atoms with Gasteiger partial charge in [0.25, 0.3) is 0 Å². The average Bonchev–Trinajstić information content (AvgIpc) is 2.99. The number of aliphatic hydroxyl groups is 1. The molecule has 0 saturated heterocycles. The first-order valence-corrected chi connectivity index (χ1v) is 11.7.